The molecule has 1 unspecified atom stereocenters. The van der Waals surface area contributed by atoms with Crippen LogP contribution in [-0.2, 0) is 16.1 Å². The number of amides is 2. The minimum Gasteiger partial charge on any atom is -0.497 e. The Balaban J connectivity index is 1.57. The van der Waals surface area contributed by atoms with Crippen LogP contribution in [0, 0.1) is 11.7 Å². The second kappa shape index (κ2) is 9.28. The number of benzene rings is 2. The largest absolute Gasteiger partial charge is 0.497 e. The first-order valence-corrected chi connectivity index (χ1v) is 11.1. The lowest BCUT2D eigenvalue weighted by Crippen LogP contribution is -2.56. The number of methoxy groups -OCH3 is 1. The van der Waals surface area contributed by atoms with Crippen molar-refractivity contribution in [1.82, 2.24) is 10.2 Å². The van der Waals surface area contributed by atoms with E-state index in [1.807, 2.05) is 0 Å². The van der Waals surface area contributed by atoms with Crippen molar-refractivity contribution in [1.29, 1.82) is 0 Å². The number of carbonyl (C=O) groups is 2. The van der Waals surface area contributed by atoms with Gasteiger partial charge in [0.2, 0.25) is 5.91 Å². The second-order valence-electron chi connectivity index (χ2n) is 8.71. The highest BCUT2D eigenvalue weighted by molar-refractivity contribution is 5.98. The molecule has 1 spiro atoms. The van der Waals surface area contributed by atoms with Crippen molar-refractivity contribution in [3.8, 4) is 5.75 Å². The Morgan fingerprint density at radius 1 is 1.19 bits per heavy atom. The molecule has 1 aliphatic carbocycles. The van der Waals surface area contributed by atoms with Gasteiger partial charge in [0.15, 0.2) is 0 Å². The number of ether oxygens (including phenoxy) is 2. The van der Waals surface area contributed by atoms with E-state index in [1.165, 1.54) is 12.1 Å². The van der Waals surface area contributed by atoms with Crippen LogP contribution in [0.1, 0.15) is 48.5 Å². The van der Waals surface area contributed by atoms with E-state index in [1.54, 1.807) is 48.4 Å². The Hall–Kier alpha value is -2.93. The second-order valence-corrected chi connectivity index (χ2v) is 8.71. The summed E-state index contributed by atoms with van der Waals surface area (Å²) in [5, 5.41) is 2.89. The van der Waals surface area contributed by atoms with Gasteiger partial charge in [-0.3, -0.25) is 14.5 Å². The van der Waals surface area contributed by atoms with Crippen LogP contribution in [0.3, 0.4) is 0 Å². The molecular weight excluding hydrogens is 411 g/mol. The van der Waals surface area contributed by atoms with Crippen molar-refractivity contribution in [2.24, 2.45) is 5.92 Å². The molecule has 0 radical (unpaired) electrons. The number of hydrogen-bond donors (Lipinski definition) is 1. The van der Waals surface area contributed by atoms with Crippen LogP contribution >= 0.6 is 0 Å². The fraction of sp³-hybridized carbons (Fsp3) is 0.440. The number of rotatable bonds is 5. The summed E-state index contributed by atoms with van der Waals surface area (Å²) in [4.78, 5) is 28.5. The third-order valence-corrected chi connectivity index (χ3v) is 6.53. The zero-order chi connectivity index (χ0) is 22.7. The summed E-state index contributed by atoms with van der Waals surface area (Å²) in [6.45, 7) is 2.60. The monoisotopic (exact) mass is 440 g/mol. The van der Waals surface area contributed by atoms with E-state index in [-0.39, 0.29) is 30.8 Å². The van der Waals surface area contributed by atoms with Crippen molar-refractivity contribution in [2.75, 3.05) is 13.7 Å². The van der Waals surface area contributed by atoms with Crippen LogP contribution < -0.4 is 10.1 Å². The maximum Gasteiger partial charge on any atom is 0.257 e. The van der Waals surface area contributed by atoms with Gasteiger partial charge in [0.1, 0.15) is 23.3 Å². The highest BCUT2D eigenvalue weighted by atomic mass is 19.1. The Bertz CT molecular complexity index is 970. The molecule has 0 aromatic heterocycles. The van der Waals surface area contributed by atoms with Crippen LogP contribution in [0.15, 0.2) is 48.5 Å². The molecule has 1 heterocycles. The van der Waals surface area contributed by atoms with E-state index in [2.05, 4.69) is 12.2 Å². The van der Waals surface area contributed by atoms with E-state index < -0.39 is 11.8 Å². The molecular formula is C25H29FN2O4. The first-order valence-electron chi connectivity index (χ1n) is 11.1. The molecule has 170 valence electrons. The zero-order valence-electron chi connectivity index (χ0n) is 18.5. The zero-order valence-corrected chi connectivity index (χ0v) is 18.5. The summed E-state index contributed by atoms with van der Waals surface area (Å²) in [5.74, 6) is 0.302. The normalized spacial score (nSPS) is 25.0. The summed E-state index contributed by atoms with van der Waals surface area (Å²) in [6.07, 6.45) is 3.27. The molecule has 1 atom stereocenters. The predicted octanol–water partition coefficient (Wildman–Crippen LogP) is 3.90. The molecule has 0 bridgehead atoms. The van der Waals surface area contributed by atoms with Gasteiger partial charge >= 0.3 is 0 Å². The lowest BCUT2D eigenvalue weighted by molar-refractivity contribution is -0.128. The Kier molecular flexibility index (Phi) is 6.46. The molecule has 7 heteroatoms. The molecule has 6 nitrogen and oxygen atoms in total. The number of halogens is 1. The standard InChI is InChI=1S/C25H29FN2O4/c1-17-10-12-25(13-11-17)28(24(30)19-4-3-5-21(14-19)31-2)22(16-32-25)23(29)27-15-18-6-8-20(26)9-7-18/h3-9,14,17,22H,10-13,15-16H2,1-2H3,(H,27,29). The third-order valence-electron chi connectivity index (χ3n) is 6.53. The van der Waals surface area contributed by atoms with E-state index >= 15 is 0 Å². The van der Waals surface area contributed by atoms with Gasteiger partial charge < -0.3 is 14.8 Å². The van der Waals surface area contributed by atoms with Gasteiger partial charge in [-0.2, -0.15) is 0 Å². The fourth-order valence-corrected chi connectivity index (χ4v) is 4.58. The van der Waals surface area contributed by atoms with Gasteiger partial charge in [-0.15, -0.1) is 0 Å². The Labute approximate surface area is 187 Å². The van der Waals surface area contributed by atoms with Crippen LogP contribution in [0.2, 0.25) is 0 Å². The number of nitrogens with one attached hydrogen (secondary N) is 1. The lowest BCUT2D eigenvalue weighted by Gasteiger charge is -2.43. The first kappa shape index (κ1) is 22.3. The summed E-state index contributed by atoms with van der Waals surface area (Å²) < 4.78 is 24.6. The van der Waals surface area contributed by atoms with Crippen molar-refractivity contribution < 1.29 is 23.5 Å². The number of carbonyl (C=O) groups excluding carboxylic acids is 2. The van der Waals surface area contributed by atoms with E-state index in [0.717, 1.165) is 18.4 Å². The van der Waals surface area contributed by atoms with Crippen LogP contribution in [0.5, 0.6) is 5.75 Å². The molecule has 1 saturated carbocycles. The molecule has 2 aromatic carbocycles. The molecule has 1 aliphatic heterocycles. The van der Waals surface area contributed by atoms with Crippen molar-refractivity contribution in [3.63, 3.8) is 0 Å². The molecule has 2 fully saturated rings. The molecule has 4 rings (SSSR count). The topological polar surface area (TPSA) is 67.9 Å². The molecule has 2 amide bonds. The molecule has 1 N–H and O–H groups in total. The minimum absolute atomic E-state index is 0.152. The fourth-order valence-electron chi connectivity index (χ4n) is 4.58. The first-order chi connectivity index (χ1) is 15.4. The third kappa shape index (κ3) is 4.48. The average molecular weight is 441 g/mol. The Morgan fingerprint density at radius 2 is 1.91 bits per heavy atom. The maximum atomic E-state index is 13.7. The van der Waals surface area contributed by atoms with Crippen LogP contribution in [0.4, 0.5) is 4.39 Å². The number of nitrogens with zero attached hydrogens (tertiary/aromatic N) is 1. The van der Waals surface area contributed by atoms with Crippen molar-refractivity contribution >= 4 is 11.8 Å². The lowest BCUT2D eigenvalue weighted by atomic mass is 9.83. The number of hydrogen-bond acceptors (Lipinski definition) is 4. The van der Waals surface area contributed by atoms with Gasteiger partial charge in [-0.1, -0.05) is 25.1 Å². The van der Waals surface area contributed by atoms with Crippen LogP contribution in [-0.4, -0.2) is 42.2 Å². The summed E-state index contributed by atoms with van der Waals surface area (Å²) in [7, 11) is 1.55. The van der Waals surface area contributed by atoms with Gasteiger partial charge in [0.25, 0.3) is 5.91 Å². The van der Waals surface area contributed by atoms with E-state index in [4.69, 9.17) is 9.47 Å². The van der Waals surface area contributed by atoms with E-state index in [9.17, 15) is 14.0 Å². The smallest absolute Gasteiger partial charge is 0.257 e. The Morgan fingerprint density at radius 3 is 2.59 bits per heavy atom. The summed E-state index contributed by atoms with van der Waals surface area (Å²) in [6, 6.07) is 12.2. The quantitative estimate of drug-likeness (QED) is 0.766. The molecule has 2 aromatic rings. The molecule has 32 heavy (non-hydrogen) atoms. The van der Waals surface area contributed by atoms with Crippen LogP contribution in [0.25, 0.3) is 0 Å². The van der Waals surface area contributed by atoms with Gasteiger partial charge in [0.05, 0.1) is 13.7 Å². The van der Waals surface area contributed by atoms with Gasteiger partial charge in [-0.05, 0) is 67.5 Å². The maximum absolute atomic E-state index is 13.7. The predicted molar refractivity (Wildman–Crippen MR) is 118 cm³/mol. The SMILES string of the molecule is COc1cccc(C(=O)N2C(C(=O)NCc3ccc(F)cc3)COC23CCC(C)CC3)c1. The molecule has 2 aliphatic rings. The van der Waals surface area contributed by atoms with Crippen molar-refractivity contribution in [2.45, 2.75) is 50.9 Å². The average Bonchev–Trinajstić information content (AvgIpc) is 3.19. The van der Waals surface area contributed by atoms with Crippen molar-refractivity contribution in [3.05, 3.63) is 65.5 Å². The van der Waals surface area contributed by atoms with Gasteiger partial charge in [-0.25, -0.2) is 4.39 Å². The highest BCUT2D eigenvalue weighted by Crippen LogP contribution is 2.43. The van der Waals surface area contributed by atoms with Gasteiger partial charge in [0, 0.05) is 12.1 Å². The highest BCUT2D eigenvalue weighted by Gasteiger charge is 2.53. The summed E-state index contributed by atoms with van der Waals surface area (Å²) >= 11 is 0. The summed E-state index contributed by atoms with van der Waals surface area (Å²) in [5.41, 5.74) is 0.472. The van der Waals surface area contributed by atoms with E-state index in [0.29, 0.717) is 30.1 Å². The minimum atomic E-state index is -0.773. The molecule has 1 saturated heterocycles.